The van der Waals surface area contributed by atoms with Gasteiger partial charge in [-0.1, -0.05) is 17.7 Å². The van der Waals surface area contributed by atoms with Gasteiger partial charge in [-0.3, -0.25) is 19.9 Å². The molecular weight excluding hydrogens is 282 g/mol. The van der Waals surface area contributed by atoms with Crippen molar-refractivity contribution in [2.24, 2.45) is 0 Å². The molecule has 1 heterocycles. The first-order valence-electron chi connectivity index (χ1n) is 5.66. The van der Waals surface area contributed by atoms with E-state index in [9.17, 15) is 14.9 Å². The minimum atomic E-state index is -0.673. The molecule has 1 aromatic heterocycles. The normalized spacial score (nSPS) is 10.1. The highest BCUT2D eigenvalue weighted by Gasteiger charge is 2.23. The molecule has 102 valence electrons. The summed E-state index contributed by atoms with van der Waals surface area (Å²) in [5.74, 6) is -0.602. The van der Waals surface area contributed by atoms with E-state index in [0.29, 0.717) is 11.4 Å². The summed E-state index contributed by atoms with van der Waals surface area (Å²) in [6, 6.07) is 7.53. The van der Waals surface area contributed by atoms with Crippen LogP contribution in [-0.4, -0.2) is 15.8 Å². The Hall–Kier alpha value is -2.47. The highest BCUT2D eigenvalue weighted by atomic mass is 35.5. The second-order valence-electron chi connectivity index (χ2n) is 3.98. The minimum Gasteiger partial charge on any atom is -0.320 e. The monoisotopic (exact) mass is 291 g/mol. The number of aromatic nitrogens is 1. The summed E-state index contributed by atoms with van der Waals surface area (Å²) < 4.78 is 0. The quantitative estimate of drug-likeness (QED) is 0.695. The maximum atomic E-state index is 12.1. The van der Waals surface area contributed by atoms with Gasteiger partial charge in [-0.05, 0) is 31.2 Å². The minimum absolute atomic E-state index is 0.0782. The van der Waals surface area contributed by atoms with Crippen LogP contribution in [0.5, 0.6) is 0 Å². The molecule has 0 saturated heterocycles. The van der Waals surface area contributed by atoms with Gasteiger partial charge < -0.3 is 5.32 Å². The Balaban J connectivity index is 2.38. The van der Waals surface area contributed by atoms with Gasteiger partial charge in [-0.25, -0.2) is 0 Å². The molecule has 7 heteroatoms. The number of benzene rings is 1. The molecule has 6 nitrogen and oxygen atoms in total. The molecular formula is C13H10ClN3O3. The van der Waals surface area contributed by atoms with Gasteiger partial charge >= 0.3 is 5.69 Å². The van der Waals surface area contributed by atoms with E-state index in [1.54, 1.807) is 25.3 Å². The third-order valence-electron chi connectivity index (χ3n) is 2.67. The van der Waals surface area contributed by atoms with Crippen LogP contribution in [0.3, 0.4) is 0 Å². The number of pyridine rings is 1. The number of nitro benzene ring substituents is 1. The van der Waals surface area contributed by atoms with E-state index in [1.807, 2.05) is 0 Å². The molecule has 2 rings (SSSR count). The number of para-hydroxylation sites is 1. The maximum Gasteiger partial charge on any atom is 0.300 e. The van der Waals surface area contributed by atoms with Gasteiger partial charge in [-0.2, -0.15) is 0 Å². The highest BCUT2D eigenvalue weighted by molar-refractivity contribution is 6.33. The molecule has 0 spiro atoms. The van der Waals surface area contributed by atoms with Crippen molar-refractivity contribution < 1.29 is 9.72 Å². The number of hydrogen-bond donors (Lipinski definition) is 1. The second kappa shape index (κ2) is 5.66. The predicted octanol–water partition coefficient (Wildman–Crippen LogP) is 3.20. The standard InChI is InChI=1S/C13H10ClN3O3/c1-8-11(6-3-7-15-8)16-13(18)9-4-2-5-10(14)12(9)17(19)20/h2-7H,1H3,(H,16,18). The number of amides is 1. The summed E-state index contributed by atoms with van der Waals surface area (Å²) in [5.41, 5.74) is 0.608. The van der Waals surface area contributed by atoms with Gasteiger partial charge in [-0.15, -0.1) is 0 Å². The Morgan fingerprint density at radius 2 is 2.10 bits per heavy atom. The van der Waals surface area contributed by atoms with E-state index in [1.165, 1.54) is 18.2 Å². The lowest BCUT2D eigenvalue weighted by atomic mass is 10.1. The van der Waals surface area contributed by atoms with Crippen LogP contribution < -0.4 is 5.32 Å². The van der Waals surface area contributed by atoms with Gasteiger partial charge in [0.1, 0.15) is 10.6 Å². The van der Waals surface area contributed by atoms with Crippen LogP contribution in [0.15, 0.2) is 36.5 Å². The number of nitrogens with one attached hydrogen (secondary N) is 1. The van der Waals surface area contributed by atoms with Crippen molar-refractivity contribution in [3.63, 3.8) is 0 Å². The van der Waals surface area contributed by atoms with Crippen LogP contribution in [0.2, 0.25) is 5.02 Å². The fourth-order valence-corrected chi connectivity index (χ4v) is 1.93. The maximum absolute atomic E-state index is 12.1. The molecule has 0 radical (unpaired) electrons. The first-order chi connectivity index (χ1) is 9.50. The fourth-order valence-electron chi connectivity index (χ4n) is 1.69. The molecule has 2 aromatic rings. The number of anilines is 1. The van der Waals surface area contributed by atoms with Gasteiger partial charge in [0.25, 0.3) is 5.91 Å². The Morgan fingerprint density at radius 3 is 2.75 bits per heavy atom. The van der Waals surface area contributed by atoms with Crippen LogP contribution in [0.1, 0.15) is 16.1 Å². The summed E-state index contributed by atoms with van der Waals surface area (Å²) in [7, 11) is 0. The first-order valence-corrected chi connectivity index (χ1v) is 6.04. The fraction of sp³-hybridized carbons (Fsp3) is 0.0769. The zero-order valence-electron chi connectivity index (χ0n) is 10.5. The van der Waals surface area contributed by atoms with Crippen LogP contribution in [-0.2, 0) is 0 Å². The number of nitrogens with zero attached hydrogens (tertiary/aromatic N) is 2. The molecule has 0 aliphatic rings. The number of carbonyl (C=O) groups excluding carboxylic acids is 1. The summed E-state index contributed by atoms with van der Waals surface area (Å²) in [5, 5.41) is 13.5. The lowest BCUT2D eigenvalue weighted by Crippen LogP contribution is -2.15. The number of carbonyl (C=O) groups is 1. The zero-order chi connectivity index (χ0) is 14.7. The van der Waals surface area contributed by atoms with E-state index in [2.05, 4.69) is 10.3 Å². The predicted molar refractivity (Wildman–Crippen MR) is 75.0 cm³/mol. The van der Waals surface area contributed by atoms with Crippen molar-refractivity contribution in [1.82, 2.24) is 4.98 Å². The van der Waals surface area contributed by atoms with Crippen molar-refractivity contribution in [2.75, 3.05) is 5.32 Å². The van der Waals surface area contributed by atoms with Gasteiger partial charge in [0, 0.05) is 6.20 Å². The lowest BCUT2D eigenvalue weighted by Gasteiger charge is -2.08. The molecule has 1 amide bonds. The van der Waals surface area contributed by atoms with E-state index in [0.717, 1.165) is 0 Å². The van der Waals surface area contributed by atoms with Crippen LogP contribution in [0.4, 0.5) is 11.4 Å². The molecule has 0 aliphatic carbocycles. The molecule has 0 aliphatic heterocycles. The third-order valence-corrected chi connectivity index (χ3v) is 2.97. The Morgan fingerprint density at radius 1 is 1.35 bits per heavy atom. The topological polar surface area (TPSA) is 85.1 Å². The lowest BCUT2D eigenvalue weighted by molar-refractivity contribution is -0.385. The average Bonchev–Trinajstić information content (AvgIpc) is 2.40. The third kappa shape index (κ3) is 2.75. The van der Waals surface area contributed by atoms with Crippen molar-refractivity contribution in [3.05, 3.63) is 62.9 Å². The second-order valence-corrected chi connectivity index (χ2v) is 4.39. The largest absolute Gasteiger partial charge is 0.320 e. The molecule has 1 N–H and O–H groups in total. The Labute approximate surface area is 119 Å². The molecule has 20 heavy (non-hydrogen) atoms. The number of nitro groups is 1. The van der Waals surface area contributed by atoms with Crippen molar-refractivity contribution in [2.45, 2.75) is 6.92 Å². The molecule has 0 atom stereocenters. The van der Waals surface area contributed by atoms with Crippen LogP contribution >= 0.6 is 11.6 Å². The van der Waals surface area contributed by atoms with Gasteiger partial charge in [0.2, 0.25) is 0 Å². The number of aryl methyl sites for hydroxylation is 1. The van der Waals surface area contributed by atoms with E-state index < -0.39 is 16.5 Å². The van der Waals surface area contributed by atoms with E-state index in [-0.39, 0.29) is 10.6 Å². The van der Waals surface area contributed by atoms with Gasteiger partial charge in [0.05, 0.1) is 16.3 Å². The average molecular weight is 292 g/mol. The molecule has 1 aromatic carbocycles. The molecule has 0 saturated carbocycles. The smallest absolute Gasteiger partial charge is 0.300 e. The molecule has 0 fully saturated rings. The first kappa shape index (κ1) is 14.0. The Kier molecular flexibility index (Phi) is 3.95. The van der Waals surface area contributed by atoms with Crippen molar-refractivity contribution in [1.29, 1.82) is 0 Å². The Bertz CT molecular complexity index is 688. The molecule has 0 unspecified atom stereocenters. The number of hydrogen-bond acceptors (Lipinski definition) is 4. The number of halogens is 1. The summed E-state index contributed by atoms with van der Waals surface area (Å²) in [6.45, 7) is 1.72. The SMILES string of the molecule is Cc1ncccc1NC(=O)c1cccc(Cl)c1[N+](=O)[O-]. The van der Waals surface area contributed by atoms with Crippen LogP contribution in [0.25, 0.3) is 0 Å². The van der Waals surface area contributed by atoms with E-state index in [4.69, 9.17) is 11.6 Å². The van der Waals surface area contributed by atoms with Crippen molar-refractivity contribution >= 4 is 28.9 Å². The number of rotatable bonds is 3. The van der Waals surface area contributed by atoms with Crippen molar-refractivity contribution in [3.8, 4) is 0 Å². The zero-order valence-corrected chi connectivity index (χ0v) is 11.2. The molecule has 0 bridgehead atoms. The summed E-state index contributed by atoms with van der Waals surface area (Å²) in [4.78, 5) is 26.5. The highest BCUT2D eigenvalue weighted by Crippen LogP contribution is 2.28. The van der Waals surface area contributed by atoms with Crippen LogP contribution in [0, 0.1) is 17.0 Å². The van der Waals surface area contributed by atoms with Gasteiger partial charge in [0.15, 0.2) is 0 Å². The van der Waals surface area contributed by atoms with E-state index >= 15 is 0 Å². The summed E-state index contributed by atoms with van der Waals surface area (Å²) >= 11 is 5.77. The summed E-state index contributed by atoms with van der Waals surface area (Å²) in [6.07, 6.45) is 1.59.